The number of aliphatic hydroxyl groups excluding tert-OH is 1. The number of aliphatic hydroxyl groups is 1. The lowest BCUT2D eigenvalue weighted by molar-refractivity contribution is 0.263. The summed E-state index contributed by atoms with van der Waals surface area (Å²) in [4.78, 5) is 0. The fourth-order valence-corrected chi connectivity index (χ4v) is 1.25. The molecule has 0 spiro atoms. The van der Waals surface area contributed by atoms with Crippen molar-refractivity contribution in [2.45, 2.75) is 12.5 Å². The molecule has 0 amide bonds. The first-order valence-electron chi connectivity index (χ1n) is 4.36. The zero-order valence-electron chi connectivity index (χ0n) is 8.03. The van der Waals surface area contributed by atoms with Gasteiger partial charge >= 0.3 is 0 Å². The summed E-state index contributed by atoms with van der Waals surface area (Å²) >= 11 is 0. The van der Waals surface area contributed by atoms with E-state index in [0.717, 1.165) is 0 Å². The second kappa shape index (κ2) is 4.93. The van der Waals surface area contributed by atoms with E-state index in [1.807, 2.05) is 0 Å². The first-order valence-corrected chi connectivity index (χ1v) is 4.36. The van der Waals surface area contributed by atoms with Gasteiger partial charge in [-0.1, -0.05) is 6.07 Å². The van der Waals surface area contributed by atoms with Crippen molar-refractivity contribution in [3.05, 3.63) is 29.6 Å². The third kappa shape index (κ3) is 2.43. The molecule has 1 atom stereocenters. The Labute approximate surface area is 82.3 Å². The summed E-state index contributed by atoms with van der Waals surface area (Å²) in [6, 6.07) is 4.13. The van der Waals surface area contributed by atoms with Gasteiger partial charge in [-0.2, -0.15) is 0 Å². The van der Waals surface area contributed by atoms with Crippen LogP contribution in [-0.2, 0) is 6.42 Å². The molecule has 0 aliphatic rings. The first kappa shape index (κ1) is 10.9. The van der Waals surface area contributed by atoms with Crippen molar-refractivity contribution in [2.75, 3.05) is 13.7 Å². The molecule has 4 heteroatoms. The Bertz CT molecular complexity index is 304. The number of nitrogens with two attached hydrogens (primary N) is 1. The highest BCUT2D eigenvalue weighted by atomic mass is 19.1. The predicted octanol–water partition coefficient (Wildman–Crippen LogP) is 0.696. The molecule has 1 aromatic carbocycles. The van der Waals surface area contributed by atoms with Gasteiger partial charge < -0.3 is 15.6 Å². The zero-order valence-corrected chi connectivity index (χ0v) is 8.03. The molecule has 1 aromatic rings. The number of benzene rings is 1. The smallest absolute Gasteiger partial charge is 0.130 e. The molecule has 0 saturated carbocycles. The van der Waals surface area contributed by atoms with E-state index < -0.39 is 6.04 Å². The lowest BCUT2D eigenvalue weighted by Gasteiger charge is -2.12. The fourth-order valence-electron chi connectivity index (χ4n) is 1.25. The quantitative estimate of drug-likeness (QED) is 0.750. The summed E-state index contributed by atoms with van der Waals surface area (Å²) in [6.07, 6.45) is 0.270. The molecular formula is C10H14FNO2. The summed E-state index contributed by atoms with van der Waals surface area (Å²) in [5, 5.41) is 8.76. The molecule has 0 aliphatic carbocycles. The van der Waals surface area contributed by atoms with Crippen molar-refractivity contribution in [2.24, 2.45) is 5.73 Å². The highest BCUT2D eigenvalue weighted by Gasteiger charge is 2.12. The normalized spacial score (nSPS) is 12.6. The van der Waals surface area contributed by atoms with Crippen LogP contribution in [0.15, 0.2) is 18.2 Å². The molecule has 0 radical (unpaired) electrons. The molecule has 3 nitrogen and oxygen atoms in total. The van der Waals surface area contributed by atoms with Gasteiger partial charge in [0.25, 0.3) is 0 Å². The van der Waals surface area contributed by atoms with Gasteiger partial charge in [0.2, 0.25) is 0 Å². The van der Waals surface area contributed by atoms with E-state index in [-0.39, 0.29) is 18.8 Å². The molecule has 0 fully saturated rings. The van der Waals surface area contributed by atoms with Crippen LogP contribution in [0.5, 0.6) is 5.75 Å². The zero-order chi connectivity index (χ0) is 10.6. The van der Waals surface area contributed by atoms with Crippen LogP contribution in [0.1, 0.15) is 5.56 Å². The van der Waals surface area contributed by atoms with Gasteiger partial charge in [0.05, 0.1) is 13.7 Å². The maximum Gasteiger partial charge on any atom is 0.130 e. The highest BCUT2D eigenvalue weighted by Crippen LogP contribution is 2.22. The van der Waals surface area contributed by atoms with E-state index in [9.17, 15) is 4.39 Å². The Balaban J connectivity index is 2.92. The molecule has 0 bridgehead atoms. The summed E-state index contributed by atoms with van der Waals surface area (Å²) in [5.74, 6) is 0.113. The third-order valence-corrected chi connectivity index (χ3v) is 2.00. The van der Waals surface area contributed by atoms with Gasteiger partial charge in [0.15, 0.2) is 0 Å². The average Bonchev–Trinajstić information content (AvgIpc) is 2.20. The lowest BCUT2D eigenvalue weighted by Crippen LogP contribution is -2.27. The van der Waals surface area contributed by atoms with Gasteiger partial charge in [0, 0.05) is 11.6 Å². The second-order valence-electron chi connectivity index (χ2n) is 3.07. The Hall–Kier alpha value is -1.13. The molecule has 0 aliphatic heterocycles. The van der Waals surface area contributed by atoms with Crippen molar-refractivity contribution in [3.8, 4) is 5.75 Å². The molecule has 14 heavy (non-hydrogen) atoms. The maximum atomic E-state index is 13.3. The molecule has 3 N–H and O–H groups in total. The van der Waals surface area contributed by atoms with E-state index >= 15 is 0 Å². The van der Waals surface area contributed by atoms with Crippen LogP contribution >= 0.6 is 0 Å². The van der Waals surface area contributed by atoms with E-state index in [1.54, 1.807) is 12.1 Å². The molecule has 0 aromatic heterocycles. The summed E-state index contributed by atoms with van der Waals surface area (Å²) in [5.41, 5.74) is 5.94. The Morgan fingerprint density at radius 3 is 2.86 bits per heavy atom. The standard InChI is InChI=1S/C10H14FNO2/c1-14-10-4-2-3-9(11)8(10)5-7(12)6-13/h2-4,7,13H,5-6,12H2,1H3. The molecule has 0 saturated heterocycles. The molecule has 0 heterocycles. The van der Waals surface area contributed by atoms with Crippen LogP contribution in [0.3, 0.4) is 0 Å². The van der Waals surface area contributed by atoms with E-state index in [1.165, 1.54) is 13.2 Å². The van der Waals surface area contributed by atoms with Crippen LogP contribution < -0.4 is 10.5 Å². The summed E-state index contributed by atoms with van der Waals surface area (Å²) in [7, 11) is 1.47. The van der Waals surface area contributed by atoms with Gasteiger partial charge in [-0.3, -0.25) is 0 Å². The topological polar surface area (TPSA) is 55.5 Å². The van der Waals surface area contributed by atoms with E-state index in [2.05, 4.69) is 0 Å². The van der Waals surface area contributed by atoms with Gasteiger partial charge in [-0.25, -0.2) is 4.39 Å². The Morgan fingerprint density at radius 2 is 2.29 bits per heavy atom. The van der Waals surface area contributed by atoms with Gasteiger partial charge in [0.1, 0.15) is 11.6 Å². The SMILES string of the molecule is COc1cccc(F)c1CC(N)CO. The van der Waals surface area contributed by atoms with Crippen molar-refractivity contribution in [3.63, 3.8) is 0 Å². The van der Waals surface area contributed by atoms with Crippen LogP contribution in [0.25, 0.3) is 0 Å². The van der Waals surface area contributed by atoms with Gasteiger partial charge in [-0.15, -0.1) is 0 Å². The monoisotopic (exact) mass is 199 g/mol. The van der Waals surface area contributed by atoms with Gasteiger partial charge in [-0.05, 0) is 18.6 Å². The second-order valence-corrected chi connectivity index (χ2v) is 3.07. The molecule has 78 valence electrons. The Kier molecular flexibility index (Phi) is 3.85. The number of methoxy groups -OCH3 is 1. The van der Waals surface area contributed by atoms with Crippen molar-refractivity contribution in [1.29, 1.82) is 0 Å². The maximum absolute atomic E-state index is 13.3. The van der Waals surface area contributed by atoms with Crippen LogP contribution in [0, 0.1) is 5.82 Å². The highest BCUT2D eigenvalue weighted by molar-refractivity contribution is 5.35. The average molecular weight is 199 g/mol. The molecule has 1 rings (SSSR count). The largest absolute Gasteiger partial charge is 0.496 e. The minimum Gasteiger partial charge on any atom is -0.496 e. The van der Waals surface area contributed by atoms with Crippen LogP contribution in [0.4, 0.5) is 4.39 Å². The van der Waals surface area contributed by atoms with Crippen LogP contribution in [-0.4, -0.2) is 24.9 Å². The van der Waals surface area contributed by atoms with E-state index in [0.29, 0.717) is 11.3 Å². The number of hydrogen-bond donors (Lipinski definition) is 2. The van der Waals surface area contributed by atoms with Crippen LogP contribution in [0.2, 0.25) is 0 Å². The summed E-state index contributed by atoms with van der Waals surface area (Å²) in [6.45, 7) is -0.169. The molecular weight excluding hydrogens is 185 g/mol. The lowest BCUT2D eigenvalue weighted by atomic mass is 10.1. The van der Waals surface area contributed by atoms with Crippen molar-refractivity contribution >= 4 is 0 Å². The van der Waals surface area contributed by atoms with Crippen molar-refractivity contribution in [1.82, 2.24) is 0 Å². The number of hydrogen-bond acceptors (Lipinski definition) is 3. The fraction of sp³-hybridized carbons (Fsp3) is 0.400. The minimum atomic E-state index is -0.458. The summed E-state index contributed by atoms with van der Waals surface area (Å²) < 4.78 is 18.3. The first-order chi connectivity index (χ1) is 6.69. The number of ether oxygens (including phenoxy) is 1. The Morgan fingerprint density at radius 1 is 1.57 bits per heavy atom. The third-order valence-electron chi connectivity index (χ3n) is 2.00. The van der Waals surface area contributed by atoms with Crippen molar-refractivity contribution < 1.29 is 14.2 Å². The van der Waals surface area contributed by atoms with E-state index in [4.69, 9.17) is 15.6 Å². The molecule has 1 unspecified atom stereocenters. The number of rotatable bonds is 4. The number of halogens is 1. The predicted molar refractivity (Wildman–Crippen MR) is 51.7 cm³/mol. The minimum absolute atomic E-state index is 0.169.